The van der Waals surface area contributed by atoms with Crippen molar-refractivity contribution in [1.82, 2.24) is 0 Å². The Balaban J connectivity index is 3.00. The number of carbonyl (C=O) groups excluding carboxylic acids is 2. The number of benzene rings is 1. The van der Waals surface area contributed by atoms with Crippen molar-refractivity contribution in [3.63, 3.8) is 0 Å². The van der Waals surface area contributed by atoms with E-state index in [4.69, 9.17) is 23.2 Å². The molecule has 0 aromatic heterocycles. The number of carbonyl (C=O) groups is 2. The number of allylic oxidation sites excluding steroid dienone is 2. The molecule has 0 radical (unpaired) electrons. The third-order valence-electron chi connectivity index (χ3n) is 1.87. The lowest BCUT2D eigenvalue weighted by atomic mass is 10.1. The van der Waals surface area contributed by atoms with Crippen LogP contribution in [-0.2, 0) is 9.59 Å². The minimum atomic E-state index is 0.358. The topological polar surface area (TPSA) is 34.1 Å². The molecule has 82 valence electrons. The molecule has 0 heterocycles. The van der Waals surface area contributed by atoms with E-state index in [9.17, 15) is 9.59 Å². The molecule has 0 aliphatic rings. The van der Waals surface area contributed by atoms with E-state index in [1.165, 1.54) is 12.2 Å². The summed E-state index contributed by atoms with van der Waals surface area (Å²) in [5.74, 6) is 0. The zero-order valence-corrected chi connectivity index (χ0v) is 9.70. The predicted octanol–water partition coefficient (Wildman–Crippen LogP) is 3.24. The Kier molecular flexibility index (Phi) is 4.96. The van der Waals surface area contributed by atoms with Gasteiger partial charge in [0.05, 0.1) is 10.1 Å². The van der Waals surface area contributed by atoms with Gasteiger partial charge in [-0.25, -0.2) is 0 Å². The molecule has 0 atom stereocenters. The standard InChI is InChI=1S/C12H8Cl2O2/c13-11(5-7-15)9-1-2-10(4-3-9)12(14)6-8-16/h1-8H/b11-5-,12-6-. The van der Waals surface area contributed by atoms with Gasteiger partial charge in [0.25, 0.3) is 0 Å². The van der Waals surface area contributed by atoms with E-state index in [-0.39, 0.29) is 0 Å². The Morgan fingerprint density at radius 1 is 0.812 bits per heavy atom. The van der Waals surface area contributed by atoms with Crippen molar-refractivity contribution in [1.29, 1.82) is 0 Å². The third-order valence-corrected chi connectivity index (χ3v) is 2.55. The summed E-state index contributed by atoms with van der Waals surface area (Å²) in [7, 11) is 0. The summed E-state index contributed by atoms with van der Waals surface area (Å²) in [6.07, 6.45) is 3.77. The molecule has 0 saturated carbocycles. The van der Waals surface area contributed by atoms with Crippen molar-refractivity contribution in [3.05, 3.63) is 47.5 Å². The smallest absolute Gasteiger partial charge is 0.144 e. The molecule has 4 heteroatoms. The number of hydrogen-bond acceptors (Lipinski definition) is 2. The predicted molar refractivity (Wildman–Crippen MR) is 66.2 cm³/mol. The summed E-state index contributed by atoms with van der Waals surface area (Å²) in [6.45, 7) is 0. The first kappa shape index (κ1) is 12.7. The van der Waals surface area contributed by atoms with Gasteiger partial charge in [-0.1, -0.05) is 47.5 Å². The lowest BCUT2D eigenvalue weighted by Gasteiger charge is -2.01. The Bertz CT molecular complexity index is 402. The van der Waals surface area contributed by atoms with E-state index in [2.05, 4.69) is 0 Å². The highest BCUT2D eigenvalue weighted by atomic mass is 35.5. The van der Waals surface area contributed by atoms with Crippen LogP contribution in [0.25, 0.3) is 10.1 Å². The minimum Gasteiger partial charge on any atom is -0.299 e. The molecule has 1 aromatic carbocycles. The lowest BCUT2D eigenvalue weighted by molar-refractivity contribution is -0.104. The molecule has 16 heavy (non-hydrogen) atoms. The highest BCUT2D eigenvalue weighted by Crippen LogP contribution is 2.23. The molecular weight excluding hydrogens is 247 g/mol. The summed E-state index contributed by atoms with van der Waals surface area (Å²) in [5, 5.41) is 0.717. The van der Waals surface area contributed by atoms with Gasteiger partial charge in [-0.15, -0.1) is 0 Å². The molecule has 0 spiro atoms. The maximum atomic E-state index is 10.2. The van der Waals surface area contributed by atoms with Gasteiger partial charge in [0, 0.05) is 0 Å². The minimum absolute atomic E-state index is 0.358. The van der Waals surface area contributed by atoms with Crippen LogP contribution in [0.4, 0.5) is 0 Å². The molecule has 0 saturated heterocycles. The molecule has 0 fully saturated rings. The summed E-state index contributed by atoms with van der Waals surface area (Å²) in [6, 6.07) is 6.88. The molecular formula is C12H8Cl2O2. The Morgan fingerprint density at radius 2 is 1.12 bits per heavy atom. The van der Waals surface area contributed by atoms with Crippen LogP contribution in [0.2, 0.25) is 0 Å². The van der Waals surface area contributed by atoms with Crippen LogP contribution in [0.3, 0.4) is 0 Å². The second kappa shape index (κ2) is 6.26. The molecule has 0 unspecified atom stereocenters. The average molecular weight is 255 g/mol. The maximum absolute atomic E-state index is 10.2. The molecule has 0 amide bonds. The quantitative estimate of drug-likeness (QED) is 0.611. The summed E-state index contributed by atoms with van der Waals surface area (Å²) in [5.41, 5.74) is 1.43. The highest BCUT2D eigenvalue weighted by molar-refractivity contribution is 6.50. The van der Waals surface area contributed by atoms with Gasteiger partial charge in [0.15, 0.2) is 0 Å². The van der Waals surface area contributed by atoms with Gasteiger partial charge in [0.1, 0.15) is 12.6 Å². The Morgan fingerprint density at radius 3 is 1.38 bits per heavy atom. The molecule has 0 bridgehead atoms. The molecule has 1 aromatic rings. The average Bonchev–Trinajstić information content (AvgIpc) is 2.30. The second-order valence-electron chi connectivity index (χ2n) is 2.88. The normalized spacial score (nSPS) is 12.4. The van der Waals surface area contributed by atoms with Crippen molar-refractivity contribution in [2.75, 3.05) is 0 Å². The monoisotopic (exact) mass is 254 g/mol. The lowest BCUT2D eigenvalue weighted by Crippen LogP contribution is -1.81. The zero-order chi connectivity index (χ0) is 12.0. The first-order valence-corrected chi connectivity index (χ1v) is 5.17. The zero-order valence-electron chi connectivity index (χ0n) is 8.19. The van der Waals surface area contributed by atoms with E-state index in [0.717, 1.165) is 0 Å². The van der Waals surface area contributed by atoms with E-state index < -0.39 is 0 Å². The van der Waals surface area contributed by atoms with Crippen molar-refractivity contribution in [2.24, 2.45) is 0 Å². The number of aldehydes is 2. The van der Waals surface area contributed by atoms with Crippen molar-refractivity contribution < 1.29 is 9.59 Å². The first-order valence-electron chi connectivity index (χ1n) is 4.41. The van der Waals surface area contributed by atoms with Crippen LogP contribution in [0, 0.1) is 0 Å². The van der Waals surface area contributed by atoms with Gasteiger partial charge in [0.2, 0.25) is 0 Å². The summed E-state index contributed by atoms with van der Waals surface area (Å²) >= 11 is 11.7. The molecule has 2 nitrogen and oxygen atoms in total. The fraction of sp³-hybridized carbons (Fsp3) is 0. The van der Waals surface area contributed by atoms with Crippen LogP contribution in [-0.4, -0.2) is 12.6 Å². The molecule has 0 aliphatic heterocycles. The van der Waals surface area contributed by atoms with E-state index in [1.807, 2.05) is 0 Å². The Hall–Kier alpha value is -1.38. The number of hydrogen-bond donors (Lipinski definition) is 0. The van der Waals surface area contributed by atoms with Crippen LogP contribution in [0.1, 0.15) is 11.1 Å². The fourth-order valence-electron chi connectivity index (χ4n) is 1.10. The van der Waals surface area contributed by atoms with Crippen LogP contribution < -0.4 is 0 Å². The van der Waals surface area contributed by atoms with Crippen molar-refractivity contribution in [2.45, 2.75) is 0 Å². The van der Waals surface area contributed by atoms with Gasteiger partial charge < -0.3 is 0 Å². The third kappa shape index (κ3) is 3.33. The molecule has 0 aliphatic carbocycles. The van der Waals surface area contributed by atoms with E-state index in [0.29, 0.717) is 33.8 Å². The molecule has 0 N–H and O–H groups in total. The summed E-state index contributed by atoms with van der Waals surface area (Å²) in [4.78, 5) is 20.4. The molecule has 1 rings (SSSR count). The van der Waals surface area contributed by atoms with Gasteiger partial charge in [-0.05, 0) is 23.3 Å². The maximum Gasteiger partial charge on any atom is 0.144 e. The fourth-order valence-corrected chi connectivity index (χ4v) is 1.46. The summed E-state index contributed by atoms with van der Waals surface area (Å²) < 4.78 is 0. The SMILES string of the molecule is O=C/C=C(\Cl)c1ccc(/C(Cl)=C/C=O)cc1. The van der Waals surface area contributed by atoms with Crippen molar-refractivity contribution in [3.8, 4) is 0 Å². The van der Waals surface area contributed by atoms with Gasteiger partial charge >= 0.3 is 0 Å². The van der Waals surface area contributed by atoms with Crippen molar-refractivity contribution >= 4 is 45.8 Å². The second-order valence-corrected chi connectivity index (χ2v) is 3.69. The van der Waals surface area contributed by atoms with Gasteiger partial charge in [-0.3, -0.25) is 9.59 Å². The first-order chi connectivity index (χ1) is 7.69. The number of rotatable bonds is 4. The van der Waals surface area contributed by atoms with Crippen LogP contribution in [0.5, 0.6) is 0 Å². The van der Waals surface area contributed by atoms with E-state index >= 15 is 0 Å². The van der Waals surface area contributed by atoms with Crippen LogP contribution in [0.15, 0.2) is 36.4 Å². The number of halogens is 2. The Labute approximate surface area is 103 Å². The highest BCUT2D eigenvalue weighted by Gasteiger charge is 2.00. The van der Waals surface area contributed by atoms with E-state index in [1.54, 1.807) is 24.3 Å². The van der Waals surface area contributed by atoms with Crippen LogP contribution >= 0.6 is 23.2 Å². The van der Waals surface area contributed by atoms with Gasteiger partial charge in [-0.2, -0.15) is 0 Å². The largest absolute Gasteiger partial charge is 0.299 e.